The first-order valence-electron chi connectivity index (χ1n) is 9.32. The number of aliphatic hydroxyl groups excluding tert-OH is 1. The van der Waals surface area contributed by atoms with Gasteiger partial charge in [-0.1, -0.05) is 33.8 Å². The molecule has 1 fully saturated rings. The number of aromatic nitrogens is 1. The summed E-state index contributed by atoms with van der Waals surface area (Å²) in [6.45, 7) is 9.09. The molecule has 1 aromatic heterocycles. The molecule has 1 aromatic carbocycles. The van der Waals surface area contributed by atoms with Crippen LogP contribution in [0.3, 0.4) is 0 Å². The molecule has 3 rings (SSSR count). The van der Waals surface area contributed by atoms with Gasteiger partial charge in [0.1, 0.15) is 35.1 Å². The first-order chi connectivity index (χ1) is 13.5. The highest BCUT2D eigenvalue weighted by molar-refractivity contribution is 5.95. The van der Waals surface area contributed by atoms with Crippen molar-refractivity contribution in [1.29, 1.82) is 5.26 Å². The van der Waals surface area contributed by atoms with Crippen LogP contribution in [0.5, 0.6) is 0 Å². The number of nitriles is 1. The molecule has 0 amide bonds. The van der Waals surface area contributed by atoms with Gasteiger partial charge in [0.15, 0.2) is 0 Å². The predicted octanol–water partition coefficient (Wildman–Crippen LogP) is 4.10. The van der Waals surface area contributed by atoms with Crippen LogP contribution in [-0.2, 0) is 4.74 Å². The molecule has 29 heavy (non-hydrogen) atoms. The number of halogens is 1. The lowest BCUT2D eigenvalue weighted by molar-refractivity contribution is -0.246. The highest BCUT2D eigenvalue weighted by Crippen LogP contribution is 2.55. The van der Waals surface area contributed by atoms with E-state index in [0.29, 0.717) is 0 Å². The van der Waals surface area contributed by atoms with E-state index in [9.17, 15) is 14.3 Å². The van der Waals surface area contributed by atoms with E-state index in [-0.39, 0.29) is 22.8 Å². The molecule has 1 aliphatic carbocycles. The molecule has 0 bridgehead atoms. The topological polar surface area (TPSA) is 95.2 Å². The molecule has 0 spiro atoms. The number of benzene rings is 1. The van der Waals surface area contributed by atoms with Crippen LogP contribution in [-0.4, -0.2) is 28.3 Å². The maximum Gasteiger partial charge on any atom is 0.342 e. The first kappa shape index (κ1) is 20.7. The van der Waals surface area contributed by atoms with E-state index in [1.807, 2.05) is 33.8 Å². The lowest BCUT2D eigenvalue weighted by atomic mass is 9.51. The second kappa shape index (κ2) is 7.12. The summed E-state index contributed by atoms with van der Waals surface area (Å²) in [6.07, 6.45) is -1.14. The van der Waals surface area contributed by atoms with Crippen molar-refractivity contribution in [1.82, 2.24) is 4.98 Å². The van der Waals surface area contributed by atoms with Gasteiger partial charge in [-0.25, -0.2) is 14.2 Å². The van der Waals surface area contributed by atoms with Gasteiger partial charge in [0.2, 0.25) is 0 Å². The minimum atomic E-state index is -0.657. The zero-order valence-corrected chi connectivity index (χ0v) is 17.1. The number of rotatable bonds is 4. The molecule has 1 heterocycles. The summed E-state index contributed by atoms with van der Waals surface area (Å²) in [5.74, 6) is -1.12. The van der Waals surface area contributed by atoms with Crippen molar-refractivity contribution in [2.24, 2.45) is 10.8 Å². The van der Waals surface area contributed by atoms with Crippen LogP contribution in [0.4, 0.5) is 15.9 Å². The predicted molar refractivity (Wildman–Crippen MR) is 106 cm³/mol. The number of nitrogens with zero attached hydrogens (tertiary/aromatic N) is 2. The van der Waals surface area contributed by atoms with Gasteiger partial charge < -0.3 is 15.2 Å². The summed E-state index contributed by atoms with van der Waals surface area (Å²) >= 11 is 0. The maximum atomic E-state index is 14.3. The fraction of sp³-hybridized carbons (Fsp3) is 0.409. The molecule has 0 saturated heterocycles. The maximum absolute atomic E-state index is 14.3. The number of carbonyl (C=O) groups excluding carboxylic acids is 1. The number of aliphatic hydroxyl groups is 1. The highest BCUT2D eigenvalue weighted by atomic mass is 19.1. The number of hydrogen-bond donors (Lipinski definition) is 2. The normalized spacial score (nSPS) is 21.6. The van der Waals surface area contributed by atoms with Crippen LogP contribution >= 0.6 is 0 Å². The van der Waals surface area contributed by atoms with Gasteiger partial charge in [-0.2, -0.15) is 5.26 Å². The molecule has 1 saturated carbocycles. The Balaban J connectivity index is 1.93. The Kier molecular flexibility index (Phi) is 5.10. The fourth-order valence-corrected chi connectivity index (χ4v) is 4.21. The third kappa shape index (κ3) is 3.56. The Morgan fingerprint density at radius 1 is 1.24 bits per heavy atom. The Bertz CT molecular complexity index is 995. The number of nitrogens with one attached hydrogen (secondary N) is 1. The molecule has 0 atom stereocenters. The van der Waals surface area contributed by atoms with Crippen LogP contribution in [0.15, 0.2) is 30.3 Å². The average Bonchev–Trinajstić information content (AvgIpc) is 2.67. The molecule has 0 radical (unpaired) electrons. The van der Waals surface area contributed by atoms with Crippen molar-refractivity contribution in [3.63, 3.8) is 0 Å². The van der Waals surface area contributed by atoms with Gasteiger partial charge in [0.25, 0.3) is 0 Å². The standard InChI is InChI=1S/C22H24FN3O3/c1-12-6-9-16(15(23)10-12)26-17-14(8-7-13(11-24)25-17)18(27)29-20-21(2,3)19(28)22(20,4)5/h6-10,19-20,28H,1-5H3,(H,25,26). The molecule has 2 N–H and O–H groups in total. The van der Waals surface area contributed by atoms with Crippen LogP contribution in [0.25, 0.3) is 0 Å². The quantitative estimate of drug-likeness (QED) is 0.755. The van der Waals surface area contributed by atoms with Crippen LogP contribution in [0, 0.1) is 34.9 Å². The molecule has 0 unspecified atom stereocenters. The third-order valence-corrected chi connectivity index (χ3v) is 5.59. The van der Waals surface area contributed by atoms with Crippen LogP contribution in [0.2, 0.25) is 0 Å². The molecular weight excluding hydrogens is 373 g/mol. The lowest BCUT2D eigenvalue weighted by Gasteiger charge is -2.60. The van der Waals surface area contributed by atoms with Crippen molar-refractivity contribution in [3.05, 3.63) is 53.0 Å². The Labute approximate surface area is 169 Å². The zero-order valence-electron chi connectivity index (χ0n) is 17.1. The smallest absolute Gasteiger partial charge is 0.342 e. The Hall–Kier alpha value is -2.98. The molecule has 1 aliphatic rings. The van der Waals surface area contributed by atoms with E-state index in [2.05, 4.69) is 10.3 Å². The van der Waals surface area contributed by atoms with Crippen LogP contribution < -0.4 is 5.32 Å². The second-order valence-corrected chi connectivity index (χ2v) is 8.64. The lowest BCUT2D eigenvalue weighted by Crippen LogP contribution is -2.68. The Morgan fingerprint density at radius 3 is 2.48 bits per heavy atom. The number of aryl methyl sites for hydroxylation is 1. The van der Waals surface area contributed by atoms with Gasteiger partial charge in [-0.3, -0.25) is 0 Å². The molecule has 0 aliphatic heterocycles. The van der Waals surface area contributed by atoms with E-state index < -0.39 is 34.8 Å². The van der Waals surface area contributed by atoms with E-state index in [4.69, 9.17) is 10.00 Å². The molecular formula is C22H24FN3O3. The SMILES string of the molecule is Cc1ccc(Nc2nc(C#N)ccc2C(=O)OC2C(C)(C)C(O)C2(C)C)c(F)c1. The van der Waals surface area contributed by atoms with Crippen molar-refractivity contribution in [3.8, 4) is 6.07 Å². The minimum Gasteiger partial charge on any atom is -0.457 e. The summed E-state index contributed by atoms with van der Waals surface area (Å²) in [5, 5.41) is 22.3. The number of pyridine rings is 1. The number of anilines is 2. The molecule has 6 nitrogen and oxygen atoms in total. The van der Waals surface area contributed by atoms with Crippen molar-refractivity contribution >= 4 is 17.5 Å². The van der Waals surface area contributed by atoms with Crippen molar-refractivity contribution in [2.75, 3.05) is 5.32 Å². The van der Waals surface area contributed by atoms with E-state index >= 15 is 0 Å². The second-order valence-electron chi connectivity index (χ2n) is 8.64. The first-order valence-corrected chi connectivity index (χ1v) is 9.32. The van der Waals surface area contributed by atoms with Gasteiger partial charge in [0.05, 0.1) is 11.8 Å². The summed E-state index contributed by atoms with van der Waals surface area (Å²) < 4.78 is 20.0. The largest absolute Gasteiger partial charge is 0.457 e. The fourth-order valence-electron chi connectivity index (χ4n) is 4.21. The minimum absolute atomic E-state index is 0.0345. The monoisotopic (exact) mass is 397 g/mol. The summed E-state index contributed by atoms with van der Waals surface area (Å²) in [6, 6.07) is 9.35. The number of ether oxygens (including phenoxy) is 1. The van der Waals surface area contributed by atoms with E-state index in [0.717, 1.165) is 5.56 Å². The molecule has 2 aromatic rings. The van der Waals surface area contributed by atoms with Crippen molar-refractivity contribution in [2.45, 2.75) is 46.8 Å². The molecule has 7 heteroatoms. The van der Waals surface area contributed by atoms with Gasteiger partial charge in [-0.15, -0.1) is 0 Å². The van der Waals surface area contributed by atoms with Gasteiger partial charge in [0, 0.05) is 10.8 Å². The average molecular weight is 397 g/mol. The van der Waals surface area contributed by atoms with Crippen molar-refractivity contribution < 1.29 is 19.0 Å². The highest BCUT2D eigenvalue weighted by Gasteiger charge is 2.63. The summed E-state index contributed by atoms with van der Waals surface area (Å²) in [7, 11) is 0. The summed E-state index contributed by atoms with van der Waals surface area (Å²) in [4.78, 5) is 17.0. The third-order valence-electron chi connectivity index (χ3n) is 5.59. The van der Waals surface area contributed by atoms with E-state index in [1.165, 1.54) is 24.3 Å². The number of esters is 1. The van der Waals surface area contributed by atoms with Gasteiger partial charge >= 0.3 is 5.97 Å². The van der Waals surface area contributed by atoms with E-state index in [1.54, 1.807) is 13.0 Å². The van der Waals surface area contributed by atoms with Gasteiger partial charge in [-0.05, 0) is 36.8 Å². The molecule has 152 valence electrons. The Morgan fingerprint density at radius 2 is 1.90 bits per heavy atom. The zero-order chi connectivity index (χ0) is 21.6. The summed E-state index contributed by atoms with van der Waals surface area (Å²) in [5.41, 5.74) is -0.161. The number of carbonyl (C=O) groups is 1. The number of hydrogen-bond acceptors (Lipinski definition) is 6. The van der Waals surface area contributed by atoms with Crippen LogP contribution in [0.1, 0.15) is 49.3 Å².